The molecule has 0 fully saturated rings. The molecule has 0 radical (unpaired) electrons. The monoisotopic (exact) mass is 376 g/mol. The van der Waals surface area contributed by atoms with Crippen LogP contribution in [0.25, 0.3) is 0 Å². The van der Waals surface area contributed by atoms with E-state index in [1.165, 1.54) is 12.1 Å². The summed E-state index contributed by atoms with van der Waals surface area (Å²) in [6.07, 6.45) is 0.974. The van der Waals surface area contributed by atoms with Crippen molar-refractivity contribution in [1.82, 2.24) is 10.3 Å². The first kappa shape index (κ1) is 19.9. The Bertz CT molecular complexity index is 848. The quantitative estimate of drug-likeness (QED) is 0.694. The number of sulfonamides is 1. The number of rotatable bonds is 8. The number of hydrogen-bond acceptors (Lipinski definition) is 4. The van der Waals surface area contributed by atoms with Crippen LogP contribution in [0.5, 0.6) is 5.75 Å². The Morgan fingerprint density at radius 2 is 1.77 bits per heavy atom. The van der Waals surface area contributed by atoms with E-state index in [1.54, 1.807) is 24.3 Å². The molecule has 0 bridgehead atoms. The summed E-state index contributed by atoms with van der Waals surface area (Å²) in [4.78, 5) is 14.0. The molecule has 7 heteroatoms. The molecule has 140 valence electrons. The third-order valence-electron chi connectivity index (χ3n) is 4.15. The van der Waals surface area contributed by atoms with Crippen molar-refractivity contribution in [2.45, 2.75) is 38.0 Å². The Labute approximate surface area is 154 Å². The first-order valence-corrected chi connectivity index (χ1v) is 9.91. The first-order valence-electron chi connectivity index (χ1n) is 8.42. The lowest BCUT2D eigenvalue weighted by Crippen LogP contribution is -2.43. The highest BCUT2D eigenvalue weighted by Crippen LogP contribution is 2.20. The number of hydrogen-bond donors (Lipinski definition) is 2. The van der Waals surface area contributed by atoms with Gasteiger partial charge in [-0.3, -0.25) is 10.2 Å². The number of carbonyl (C=O) groups is 1. The van der Waals surface area contributed by atoms with Crippen LogP contribution in [0.1, 0.15) is 37.3 Å². The Kier molecular flexibility index (Phi) is 6.76. The van der Waals surface area contributed by atoms with E-state index < -0.39 is 15.9 Å². The van der Waals surface area contributed by atoms with Gasteiger partial charge in [0.1, 0.15) is 5.75 Å². The largest absolute Gasteiger partial charge is 0.483 e. The third kappa shape index (κ3) is 5.31. The van der Waals surface area contributed by atoms with Gasteiger partial charge in [-0.15, -0.1) is 4.83 Å². The van der Waals surface area contributed by atoms with Gasteiger partial charge in [-0.2, -0.15) is 0 Å². The number of carbonyl (C=O) groups excluding carboxylic acids is 1. The number of amides is 1. The first-order chi connectivity index (χ1) is 12.3. The molecule has 2 aromatic rings. The van der Waals surface area contributed by atoms with Gasteiger partial charge >= 0.3 is 0 Å². The summed E-state index contributed by atoms with van der Waals surface area (Å²) in [5.74, 6) is 0.345. The Balaban J connectivity index is 1.91. The normalized spacial score (nSPS) is 12.4. The summed E-state index contributed by atoms with van der Waals surface area (Å²) in [7, 11) is -3.83. The van der Waals surface area contributed by atoms with E-state index >= 15 is 0 Å². The van der Waals surface area contributed by atoms with Crippen LogP contribution in [0.4, 0.5) is 0 Å². The van der Waals surface area contributed by atoms with Gasteiger partial charge in [-0.25, -0.2) is 8.42 Å². The van der Waals surface area contributed by atoms with Gasteiger partial charge in [0.2, 0.25) is 0 Å². The minimum Gasteiger partial charge on any atom is -0.483 e. The van der Waals surface area contributed by atoms with Crippen LogP contribution < -0.4 is 15.0 Å². The zero-order valence-electron chi connectivity index (χ0n) is 15.2. The van der Waals surface area contributed by atoms with E-state index in [2.05, 4.69) is 24.1 Å². The highest BCUT2D eigenvalue weighted by atomic mass is 32.2. The van der Waals surface area contributed by atoms with Gasteiger partial charge in [0, 0.05) is 0 Å². The Morgan fingerprint density at radius 3 is 2.38 bits per heavy atom. The maximum absolute atomic E-state index is 12.2. The highest BCUT2D eigenvalue weighted by Gasteiger charge is 2.16. The van der Waals surface area contributed by atoms with Gasteiger partial charge in [-0.05, 0) is 48.6 Å². The number of nitrogens with one attached hydrogen (secondary N) is 2. The molecule has 0 aliphatic rings. The van der Waals surface area contributed by atoms with Crippen molar-refractivity contribution in [1.29, 1.82) is 0 Å². The number of aryl methyl sites for hydroxylation is 1. The van der Waals surface area contributed by atoms with Crippen LogP contribution in [0, 0.1) is 6.92 Å². The molecule has 26 heavy (non-hydrogen) atoms. The molecule has 0 spiro atoms. The second-order valence-corrected chi connectivity index (χ2v) is 7.77. The molecular weight excluding hydrogens is 352 g/mol. The molecule has 1 amide bonds. The molecule has 0 aromatic heterocycles. The minimum absolute atomic E-state index is 0.0877. The molecule has 0 unspecified atom stereocenters. The van der Waals surface area contributed by atoms with Gasteiger partial charge in [0.25, 0.3) is 15.9 Å². The summed E-state index contributed by atoms with van der Waals surface area (Å²) >= 11 is 0. The van der Waals surface area contributed by atoms with Crippen molar-refractivity contribution in [2.75, 3.05) is 6.61 Å². The second kappa shape index (κ2) is 8.82. The van der Waals surface area contributed by atoms with E-state index in [1.807, 2.05) is 19.1 Å². The van der Waals surface area contributed by atoms with Gasteiger partial charge in [-0.1, -0.05) is 44.2 Å². The number of ether oxygens (including phenoxy) is 1. The summed E-state index contributed by atoms with van der Waals surface area (Å²) in [5, 5.41) is 0. The van der Waals surface area contributed by atoms with E-state index in [0.717, 1.165) is 17.5 Å². The predicted octanol–water partition coefficient (Wildman–Crippen LogP) is 2.90. The van der Waals surface area contributed by atoms with Crippen LogP contribution >= 0.6 is 0 Å². The van der Waals surface area contributed by atoms with Crippen molar-refractivity contribution in [3.05, 3.63) is 59.7 Å². The fraction of sp³-hybridized carbons (Fsp3) is 0.316. The number of benzene rings is 2. The lowest BCUT2D eigenvalue weighted by Gasteiger charge is -2.12. The molecule has 1 atom stereocenters. The van der Waals surface area contributed by atoms with Crippen molar-refractivity contribution < 1.29 is 17.9 Å². The topological polar surface area (TPSA) is 84.5 Å². The van der Waals surface area contributed by atoms with Gasteiger partial charge < -0.3 is 4.74 Å². The number of hydrazine groups is 1. The molecular formula is C19H24N2O4S. The zero-order valence-corrected chi connectivity index (χ0v) is 16.0. The molecule has 0 aliphatic heterocycles. The third-order valence-corrected chi connectivity index (χ3v) is 5.41. The lowest BCUT2D eigenvalue weighted by molar-refractivity contribution is -0.123. The average Bonchev–Trinajstić information content (AvgIpc) is 2.65. The molecule has 2 N–H and O–H groups in total. The Morgan fingerprint density at radius 1 is 1.12 bits per heavy atom. The molecule has 2 aromatic carbocycles. The van der Waals surface area contributed by atoms with Crippen LogP contribution in [0.3, 0.4) is 0 Å². The smallest absolute Gasteiger partial charge is 0.272 e. The number of para-hydroxylation sites is 1. The molecule has 0 aliphatic carbocycles. The van der Waals surface area contributed by atoms with Crippen LogP contribution in [-0.2, 0) is 14.8 Å². The average molecular weight is 376 g/mol. The van der Waals surface area contributed by atoms with Crippen LogP contribution in [0.2, 0.25) is 0 Å². The van der Waals surface area contributed by atoms with Gasteiger partial charge in [0.15, 0.2) is 6.61 Å². The minimum atomic E-state index is -3.83. The van der Waals surface area contributed by atoms with Crippen LogP contribution in [-0.4, -0.2) is 20.9 Å². The zero-order chi connectivity index (χ0) is 19.2. The van der Waals surface area contributed by atoms with Crippen molar-refractivity contribution in [2.24, 2.45) is 0 Å². The molecule has 2 rings (SSSR count). The molecule has 0 saturated heterocycles. The molecule has 6 nitrogen and oxygen atoms in total. The van der Waals surface area contributed by atoms with Gasteiger partial charge in [0.05, 0.1) is 4.90 Å². The van der Waals surface area contributed by atoms with E-state index in [0.29, 0.717) is 11.7 Å². The van der Waals surface area contributed by atoms with Crippen LogP contribution in [0.15, 0.2) is 53.4 Å². The summed E-state index contributed by atoms with van der Waals surface area (Å²) in [6.45, 7) is 5.72. The van der Waals surface area contributed by atoms with E-state index in [-0.39, 0.29) is 11.5 Å². The summed E-state index contributed by atoms with van der Waals surface area (Å²) in [5.41, 5.74) is 4.12. The molecule has 0 heterocycles. The maximum atomic E-state index is 12.2. The fourth-order valence-corrected chi connectivity index (χ4v) is 3.15. The van der Waals surface area contributed by atoms with Crippen molar-refractivity contribution in [3.8, 4) is 5.75 Å². The van der Waals surface area contributed by atoms with E-state index in [4.69, 9.17) is 4.74 Å². The summed E-state index contributed by atoms with van der Waals surface area (Å²) < 4.78 is 29.9. The van der Waals surface area contributed by atoms with E-state index in [9.17, 15) is 13.2 Å². The van der Waals surface area contributed by atoms with Crippen molar-refractivity contribution in [3.63, 3.8) is 0 Å². The highest BCUT2D eigenvalue weighted by molar-refractivity contribution is 7.89. The Hall–Kier alpha value is -2.38. The second-order valence-electron chi connectivity index (χ2n) is 6.09. The lowest BCUT2D eigenvalue weighted by atomic mass is 9.99. The fourth-order valence-electron chi connectivity index (χ4n) is 2.29. The predicted molar refractivity (Wildman–Crippen MR) is 100 cm³/mol. The SMILES string of the molecule is CC[C@H](C)c1ccc(S(=O)(=O)NNC(=O)COc2ccccc2C)cc1. The standard InChI is InChI=1S/C19H24N2O4S/c1-4-14(2)16-9-11-17(12-10-16)26(23,24)21-20-19(22)13-25-18-8-6-5-7-15(18)3/h5-12,14,21H,4,13H2,1-3H3,(H,20,22)/t14-/m0/s1. The van der Waals surface area contributed by atoms with Crippen molar-refractivity contribution >= 4 is 15.9 Å². The summed E-state index contributed by atoms with van der Waals surface area (Å²) in [6, 6.07) is 13.9. The molecule has 0 saturated carbocycles. The maximum Gasteiger partial charge on any atom is 0.272 e.